The lowest BCUT2D eigenvalue weighted by Gasteiger charge is -2.19. The molecule has 0 spiro atoms. The standard InChI is InChI=1S/C15H28O4/c1-4-6-8-13(11-14(17)7-5-2)15(18)9-10-19-12(3)16/h13-14,17H,4-11H2,1-3H3/t13?,14-/m0/s1. The smallest absolute Gasteiger partial charge is 0.302 e. The molecular formula is C15H28O4. The summed E-state index contributed by atoms with van der Waals surface area (Å²) < 4.78 is 4.80. The summed E-state index contributed by atoms with van der Waals surface area (Å²) in [5, 5.41) is 9.84. The molecule has 0 fully saturated rings. The van der Waals surface area contributed by atoms with Crippen molar-refractivity contribution in [1.29, 1.82) is 0 Å². The van der Waals surface area contributed by atoms with E-state index in [0.717, 1.165) is 32.1 Å². The highest BCUT2D eigenvalue weighted by molar-refractivity contribution is 5.81. The fourth-order valence-corrected chi connectivity index (χ4v) is 2.14. The van der Waals surface area contributed by atoms with E-state index in [-0.39, 0.29) is 30.7 Å². The highest BCUT2D eigenvalue weighted by Gasteiger charge is 2.21. The summed E-state index contributed by atoms with van der Waals surface area (Å²) >= 11 is 0. The molecule has 4 heteroatoms. The number of rotatable bonds is 11. The minimum Gasteiger partial charge on any atom is -0.465 e. The first kappa shape index (κ1) is 18.1. The number of Topliss-reactive ketones (excluding diaryl/α,β-unsaturated/α-hetero) is 1. The molecule has 0 aliphatic rings. The van der Waals surface area contributed by atoms with Gasteiger partial charge in [0.2, 0.25) is 0 Å². The van der Waals surface area contributed by atoms with E-state index in [1.54, 1.807) is 0 Å². The molecule has 112 valence electrons. The molecule has 0 aromatic heterocycles. The number of hydrogen-bond acceptors (Lipinski definition) is 4. The predicted molar refractivity (Wildman–Crippen MR) is 74.8 cm³/mol. The quantitative estimate of drug-likeness (QED) is 0.587. The van der Waals surface area contributed by atoms with Crippen LogP contribution >= 0.6 is 0 Å². The molecule has 1 N–H and O–H groups in total. The summed E-state index contributed by atoms with van der Waals surface area (Å²) in [7, 11) is 0. The van der Waals surface area contributed by atoms with Crippen LogP contribution in [0.3, 0.4) is 0 Å². The minimum absolute atomic E-state index is 0.0999. The van der Waals surface area contributed by atoms with Crippen molar-refractivity contribution >= 4 is 11.8 Å². The molecule has 0 heterocycles. The molecule has 2 atom stereocenters. The number of carbonyl (C=O) groups is 2. The van der Waals surface area contributed by atoms with Crippen molar-refractivity contribution in [3.63, 3.8) is 0 Å². The number of aliphatic hydroxyl groups is 1. The van der Waals surface area contributed by atoms with Crippen molar-refractivity contribution in [2.75, 3.05) is 6.61 Å². The van der Waals surface area contributed by atoms with Crippen LogP contribution in [0.1, 0.15) is 65.7 Å². The predicted octanol–water partition coefficient (Wildman–Crippen LogP) is 2.87. The van der Waals surface area contributed by atoms with Gasteiger partial charge in [0.1, 0.15) is 5.78 Å². The van der Waals surface area contributed by atoms with Crippen LogP contribution in [-0.2, 0) is 14.3 Å². The van der Waals surface area contributed by atoms with Gasteiger partial charge < -0.3 is 9.84 Å². The highest BCUT2D eigenvalue weighted by atomic mass is 16.5. The second-order valence-electron chi connectivity index (χ2n) is 5.07. The van der Waals surface area contributed by atoms with Crippen LogP contribution in [-0.4, -0.2) is 29.6 Å². The number of aliphatic hydroxyl groups excluding tert-OH is 1. The molecule has 19 heavy (non-hydrogen) atoms. The molecule has 4 nitrogen and oxygen atoms in total. The maximum Gasteiger partial charge on any atom is 0.302 e. The third-order valence-corrected chi connectivity index (χ3v) is 3.19. The normalized spacial score (nSPS) is 13.9. The van der Waals surface area contributed by atoms with Crippen LogP contribution in [0.4, 0.5) is 0 Å². The number of carbonyl (C=O) groups excluding carboxylic acids is 2. The van der Waals surface area contributed by atoms with Gasteiger partial charge in [0.15, 0.2) is 0 Å². The summed E-state index contributed by atoms with van der Waals surface area (Å²) in [4.78, 5) is 22.7. The maximum absolute atomic E-state index is 12.1. The van der Waals surface area contributed by atoms with Crippen LogP contribution in [0.2, 0.25) is 0 Å². The van der Waals surface area contributed by atoms with Gasteiger partial charge in [-0.25, -0.2) is 0 Å². The van der Waals surface area contributed by atoms with E-state index in [1.165, 1.54) is 6.92 Å². The fraction of sp³-hybridized carbons (Fsp3) is 0.867. The summed E-state index contributed by atoms with van der Waals surface area (Å²) in [5.41, 5.74) is 0. The molecule has 0 amide bonds. The van der Waals surface area contributed by atoms with Crippen LogP contribution in [0.25, 0.3) is 0 Å². The van der Waals surface area contributed by atoms with Crippen molar-refractivity contribution < 1.29 is 19.4 Å². The summed E-state index contributed by atoms with van der Waals surface area (Å²) in [6, 6.07) is 0. The lowest BCUT2D eigenvalue weighted by molar-refractivity contribution is -0.142. The Morgan fingerprint density at radius 1 is 1.16 bits per heavy atom. The molecular weight excluding hydrogens is 244 g/mol. The van der Waals surface area contributed by atoms with Crippen LogP contribution < -0.4 is 0 Å². The molecule has 0 rings (SSSR count). The molecule has 0 aromatic carbocycles. The van der Waals surface area contributed by atoms with E-state index in [1.807, 2.05) is 6.92 Å². The molecule has 0 bridgehead atoms. The largest absolute Gasteiger partial charge is 0.465 e. The Bertz CT molecular complexity index is 263. The van der Waals surface area contributed by atoms with Crippen LogP contribution in [0.15, 0.2) is 0 Å². The van der Waals surface area contributed by atoms with Crippen molar-refractivity contribution in [1.82, 2.24) is 0 Å². The number of esters is 1. The van der Waals surface area contributed by atoms with Crippen molar-refractivity contribution in [3.05, 3.63) is 0 Å². The SMILES string of the molecule is CCCCC(C[C@@H](O)CCC)C(=O)CCOC(C)=O. The molecule has 0 aliphatic carbocycles. The molecule has 0 aliphatic heterocycles. The minimum atomic E-state index is -0.399. The molecule has 1 unspecified atom stereocenters. The van der Waals surface area contributed by atoms with Crippen molar-refractivity contribution in [3.8, 4) is 0 Å². The van der Waals surface area contributed by atoms with Gasteiger partial charge in [0.25, 0.3) is 0 Å². The van der Waals surface area contributed by atoms with Gasteiger partial charge in [-0.05, 0) is 19.3 Å². The van der Waals surface area contributed by atoms with E-state index in [9.17, 15) is 14.7 Å². The topological polar surface area (TPSA) is 63.6 Å². The first-order valence-electron chi connectivity index (χ1n) is 7.35. The molecule has 0 aromatic rings. The lowest BCUT2D eigenvalue weighted by Crippen LogP contribution is -2.22. The van der Waals surface area contributed by atoms with E-state index in [0.29, 0.717) is 6.42 Å². The maximum atomic E-state index is 12.1. The first-order valence-corrected chi connectivity index (χ1v) is 7.35. The van der Waals surface area contributed by atoms with Crippen molar-refractivity contribution in [2.45, 2.75) is 71.8 Å². The number of hydrogen-bond donors (Lipinski definition) is 1. The van der Waals surface area contributed by atoms with Gasteiger partial charge in [-0.2, -0.15) is 0 Å². The Morgan fingerprint density at radius 3 is 2.37 bits per heavy atom. The van der Waals surface area contributed by atoms with Gasteiger partial charge in [0.05, 0.1) is 12.7 Å². The second-order valence-corrected chi connectivity index (χ2v) is 5.07. The Hall–Kier alpha value is -0.900. The average Bonchev–Trinajstić information content (AvgIpc) is 2.34. The molecule has 0 radical (unpaired) electrons. The van der Waals surface area contributed by atoms with Gasteiger partial charge >= 0.3 is 5.97 Å². The van der Waals surface area contributed by atoms with Crippen LogP contribution in [0, 0.1) is 5.92 Å². The van der Waals surface area contributed by atoms with Gasteiger partial charge in [-0.1, -0.05) is 33.1 Å². The van der Waals surface area contributed by atoms with Gasteiger partial charge in [-0.15, -0.1) is 0 Å². The zero-order chi connectivity index (χ0) is 14.7. The number of unbranched alkanes of at least 4 members (excludes halogenated alkanes) is 1. The highest BCUT2D eigenvalue weighted by Crippen LogP contribution is 2.19. The van der Waals surface area contributed by atoms with E-state index >= 15 is 0 Å². The van der Waals surface area contributed by atoms with Gasteiger partial charge in [-0.3, -0.25) is 9.59 Å². The third kappa shape index (κ3) is 9.65. The van der Waals surface area contributed by atoms with Gasteiger partial charge in [0, 0.05) is 19.3 Å². The van der Waals surface area contributed by atoms with E-state index in [4.69, 9.17) is 4.74 Å². The Labute approximate surface area is 116 Å². The zero-order valence-electron chi connectivity index (χ0n) is 12.5. The summed E-state index contributed by atoms with van der Waals surface area (Å²) in [6.45, 7) is 5.60. The summed E-state index contributed by atoms with van der Waals surface area (Å²) in [6.07, 6.45) is 4.89. The average molecular weight is 272 g/mol. The first-order chi connectivity index (χ1) is 9.01. The lowest BCUT2D eigenvalue weighted by atomic mass is 9.89. The molecule has 0 saturated heterocycles. The number of ether oxygens (including phenoxy) is 1. The Morgan fingerprint density at radius 2 is 1.84 bits per heavy atom. The fourth-order valence-electron chi connectivity index (χ4n) is 2.14. The second kappa shape index (κ2) is 11.0. The Balaban J connectivity index is 4.21. The zero-order valence-corrected chi connectivity index (χ0v) is 12.5. The third-order valence-electron chi connectivity index (χ3n) is 3.19. The Kier molecular flexibility index (Phi) is 10.5. The summed E-state index contributed by atoms with van der Waals surface area (Å²) in [5.74, 6) is -0.356. The number of ketones is 1. The monoisotopic (exact) mass is 272 g/mol. The van der Waals surface area contributed by atoms with E-state index in [2.05, 4.69) is 6.92 Å². The van der Waals surface area contributed by atoms with E-state index < -0.39 is 6.10 Å². The molecule has 0 saturated carbocycles. The van der Waals surface area contributed by atoms with Crippen LogP contribution in [0.5, 0.6) is 0 Å². The van der Waals surface area contributed by atoms with Crippen molar-refractivity contribution in [2.24, 2.45) is 5.92 Å².